The number of hydrogen-bond acceptors (Lipinski definition) is 5. The van der Waals surface area contributed by atoms with E-state index in [-0.39, 0.29) is 5.28 Å². The average molecular weight is 300 g/mol. The summed E-state index contributed by atoms with van der Waals surface area (Å²) in [5.41, 5.74) is -0.733. The maximum atomic E-state index is 12.0. The van der Waals surface area contributed by atoms with E-state index >= 15 is 0 Å². The summed E-state index contributed by atoms with van der Waals surface area (Å²) < 4.78 is 12.0. The van der Waals surface area contributed by atoms with Crippen molar-refractivity contribution in [2.24, 2.45) is 0 Å². The molecule has 0 saturated heterocycles. The first-order valence-corrected chi connectivity index (χ1v) is 7.58. The minimum absolute atomic E-state index is 0.108. The van der Waals surface area contributed by atoms with E-state index in [2.05, 4.69) is 15.3 Å². The first-order valence-electron chi connectivity index (χ1n) is 5.99. The summed E-state index contributed by atoms with van der Waals surface area (Å²) in [5, 5.41) is 15.1. The van der Waals surface area contributed by atoms with E-state index in [0.29, 0.717) is 16.4 Å². The van der Waals surface area contributed by atoms with Crippen LogP contribution in [0.5, 0.6) is 0 Å². The molecule has 1 unspecified atom stereocenters. The third-order valence-corrected chi connectivity index (χ3v) is 5.05. The van der Waals surface area contributed by atoms with E-state index in [9.17, 15) is 9.32 Å². The number of halogens is 1. The first-order chi connectivity index (χ1) is 8.82. The van der Waals surface area contributed by atoms with Crippen LogP contribution in [0.25, 0.3) is 6.08 Å². The van der Waals surface area contributed by atoms with E-state index < -0.39 is 21.9 Å². The van der Waals surface area contributed by atoms with E-state index in [1.165, 1.54) is 0 Å². The molecule has 2 heterocycles. The summed E-state index contributed by atoms with van der Waals surface area (Å²) >= 11 is 5.88. The second-order valence-electron chi connectivity index (χ2n) is 5.42. The van der Waals surface area contributed by atoms with Crippen LogP contribution in [0.15, 0.2) is 10.3 Å². The highest BCUT2D eigenvalue weighted by Crippen LogP contribution is 2.48. The molecule has 19 heavy (non-hydrogen) atoms. The van der Waals surface area contributed by atoms with Gasteiger partial charge in [0.05, 0.1) is 27.6 Å². The number of anilines is 1. The minimum Gasteiger partial charge on any atom is -0.388 e. The molecule has 1 aliphatic heterocycles. The summed E-state index contributed by atoms with van der Waals surface area (Å²) in [7, 11) is -1.26. The zero-order chi connectivity index (χ0) is 13.8. The number of nitrogens with zero attached hydrogens (tertiary/aromatic N) is 2. The van der Waals surface area contributed by atoms with Crippen molar-refractivity contribution in [1.29, 1.82) is 0 Å². The Morgan fingerprint density at radius 1 is 1.47 bits per heavy atom. The van der Waals surface area contributed by atoms with Gasteiger partial charge in [-0.2, -0.15) is 4.98 Å². The van der Waals surface area contributed by atoms with Gasteiger partial charge in [0, 0.05) is 5.41 Å². The van der Waals surface area contributed by atoms with Gasteiger partial charge in [-0.05, 0) is 44.4 Å². The topological polar surface area (TPSA) is 75.1 Å². The lowest BCUT2D eigenvalue weighted by atomic mass is 9.96. The van der Waals surface area contributed by atoms with Crippen molar-refractivity contribution in [1.82, 2.24) is 9.97 Å². The molecule has 1 saturated carbocycles. The lowest BCUT2D eigenvalue weighted by Gasteiger charge is -2.31. The lowest BCUT2D eigenvalue weighted by molar-refractivity contribution is 0.0493. The Bertz CT molecular complexity index is 606. The van der Waals surface area contributed by atoms with Gasteiger partial charge in [-0.25, -0.2) is 9.19 Å². The highest BCUT2D eigenvalue weighted by Gasteiger charge is 2.54. The number of hydrogen-bond donors (Lipinski definition) is 2. The molecule has 1 aromatic heterocycles. The van der Waals surface area contributed by atoms with Crippen molar-refractivity contribution in [2.45, 2.75) is 42.7 Å². The molecule has 1 atom stereocenters. The fraction of sp³-hybridized carbons (Fsp3) is 0.500. The monoisotopic (exact) mass is 299 g/mol. The molecule has 0 bridgehead atoms. The molecular formula is C12H14ClN3O2S. The van der Waals surface area contributed by atoms with Gasteiger partial charge in [-0.1, -0.05) is 0 Å². The molecule has 0 aromatic carbocycles. The van der Waals surface area contributed by atoms with Crippen molar-refractivity contribution in [3.8, 4) is 0 Å². The molecule has 0 radical (unpaired) electrons. The summed E-state index contributed by atoms with van der Waals surface area (Å²) in [6, 6.07) is 0. The first kappa shape index (κ1) is 13.0. The van der Waals surface area contributed by atoms with Crippen molar-refractivity contribution in [3.63, 3.8) is 0 Å². The fourth-order valence-corrected chi connectivity index (χ4v) is 3.44. The predicted octanol–water partition coefficient (Wildman–Crippen LogP) is 1.94. The van der Waals surface area contributed by atoms with Gasteiger partial charge >= 0.3 is 0 Å². The molecule has 1 fully saturated rings. The SMILES string of the molecule is CC(C)(O)C1(Nc2nc(Cl)nc3c2S(=O)C=C3)CC1. The van der Waals surface area contributed by atoms with Crippen molar-refractivity contribution in [3.05, 3.63) is 16.4 Å². The summed E-state index contributed by atoms with van der Waals surface area (Å²) in [5.74, 6) is 0.456. The van der Waals surface area contributed by atoms with Crippen LogP contribution in [0, 0.1) is 0 Å². The standard InChI is InChI=1S/C12H14ClN3O2S/c1-11(2,17)12(4-5-12)16-9-8-7(3-6-19(8)18)14-10(13)15-9/h3,6,17H,4-5H2,1-2H3,(H,14,15,16). The molecule has 0 amide bonds. The molecule has 2 N–H and O–H groups in total. The number of rotatable bonds is 3. The second kappa shape index (κ2) is 4.01. The molecule has 0 spiro atoms. The van der Waals surface area contributed by atoms with E-state index in [4.69, 9.17) is 11.6 Å². The molecule has 5 nitrogen and oxygen atoms in total. The lowest BCUT2D eigenvalue weighted by Crippen LogP contribution is -2.44. The molecule has 1 aromatic rings. The average Bonchev–Trinajstić information content (AvgIpc) is 2.98. The van der Waals surface area contributed by atoms with E-state index in [1.807, 2.05) is 0 Å². The predicted molar refractivity (Wildman–Crippen MR) is 74.4 cm³/mol. The normalized spacial score (nSPS) is 23.3. The molecule has 1 aliphatic carbocycles. The van der Waals surface area contributed by atoms with Gasteiger partial charge in [-0.15, -0.1) is 0 Å². The highest BCUT2D eigenvalue weighted by molar-refractivity contribution is 7.88. The van der Waals surface area contributed by atoms with E-state index in [1.54, 1.807) is 25.3 Å². The Balaban J connectivity index is 2.02. The Hall–Kier alpha value is -0.980. The van der Waals surface area contributed by atoms with Gasteiger partial charge in [0.2, 0.25) is 5.28 Å². The maximum absolute atomic E-state index is 12.0. The second-order valence-corrected chi connectivity index (χ2v) is 7.04. The van der Waals surface area contributed by atoms with Gasteiger partial charge in [0.1, 0.15) is 10.7 Å². The van der Waals surface area contributed by atoms with Crippen LogP contribution >= 0.6 is 11.6 Å². The highest BCUT2D eigenvalue weighted by atomic mass is 35.5. The summed E-state index contributed by atoms with van der Waals surface area (Å²) in [4.78, 5) is 8.72. The molecular weight excluding hydrogens is 286 g/mol. The molecule has 2 aliphatic rings. The third kappa shape index (κ3) is 2.07. The maximum Gasteiger partial charge on any atom is 0.224 e. The van der Waals surface area contributed by atoms with Gasteiger partial charge in [-0.3, -0.25) is 0 Å². The number of nitrogens with one attached hydrogen (secondary N) is 1. The largest absolute Gasteiger partial charge is 0.388 e. The van der Waals surface area contributed by atoms with Crippen molar-refractivity contribution in [2.75, 3.05) is 5.32 Å². The number of fused-ring (bicyclic) bond motifs is 1. The van der Waals surface area contributed by atoms with Crippen LogP contribution in [-0.2, 0) is 10.8 Å². The smallest absolute Gasteiger partial charge is 0.224 e. The van der Waals surface area contributed by atoms with Crippen LogP contribution in [0.1, 0.15) is 32.4 Å². The summed E-state index contributed by atoms with van der Waals surface area (Å²) in [6.45, 7) is 3.51. The quantitative estimate of drug-likeness (QED) is 0.834. The van der Waals surface area contributed by atoms with Gasteiger partial charge < -0.3 is 10.4 Å². The number of aromatic nitrogens is 2. The third-order valence-electron chi connectivity index (χ3n) is 3.69. The molecule has 102 valence electrons. The van der Waals surface area contributed by atoms with Crippen LogP contribution in [-0.4, -0.2) is 30.4 Å². The zero-order valence-corrected chi connectivity index (χ0v) is 12.2. The number of aliphatic hydroxyl groups is 1. The molecule has 7 heteroatoms. The summed E-state index contributed by atoms with van der Waals surface area (Å²) in [6.07, 6.45) is 3.35. The van der Waals surface area contributed by atoms with Crippen LogP contribution < -0.4 is 5.32 Å². The van der Waals surface area contributed by atoms with Gasteiger partial charge in [0.25, 0.3) is 0 Å². The molecule has 3 rings (SSSR count). The Labute approximate surface area is 118 Å². The van der Waals surface area contributed by atoms with E-state index in [0.717, 1.165) is 12.8 Å². The van der Waals surface area contributed by atoms with Crippen LogP contribution in [0.3, 0.4) is 0 Å². The minimum atomic E-state index is -1.26. The van der Waals surface area contributed by atoms with Crippen LogP contribution in [0.2, 0.25) is 5.28 Å². The zero-order valence-electron chi connectivity index (χ0n) is 10.6. The fourth-order valence-electron chi connectivity index (χ4n) is 2.27. The van der Waals surface area contributed by atoms with Crippen LogP contribution in [0.4, 0.5) is 5.82 Å². The Morgan fingerprint density at radius 2 is 2.16 bits per heavy atom. The van der Waals surface area contributed by atoms with Crippen molar-refractivity contribution >= 4 is 34.3 Å². The van der Waals surface area contributed by atoms with Gasteiger partial charge in [0.15, 0.2) is 0 Å². The van der Waals surface area contributed by atoms with Crippen molar-refractivity contribution < 1.29 is 9.32 Å². The Kier molecular flexibility index (Phi) is 2.75. The Morgan fingerprint density at radius 3 is 2.74 bits per heavy atom.